The van der Waals surface area contributed by atoms with Crippen molar-refractivity contribution in [2.45, 2.75) is 20.0 Å². The molecule has 7 nitrogen and oxygen atoms in total. The maximum atomic E-state index is 13.7. The van der Waals surface area contributed by atoms with Crippen LogP contribution in [0.4, 0.5) is 0 Å². The quantitative estimate of drug-likeness (QED) is 0.404. The summed E-state index contributed by atoms with van der Waals surface area (Å²) in [6.07, 6.45) is -0.751. The molecule has 0 bridgehead atoms. The first-order valence-corrected chi connectivity index (χ1v) is 11.8. The zero-order valence-electron chi connectivity index (χ0n) is 20.4. The Kier molecular flexibility index (Phi) is 4.73. The highest BCUT2D eigenvalue weighted by molar-refractivity contribution is 5.99. The lowest BCUT2D eigenvalue weighted by Crippen LogP contribution is -2.37. The summed E-state index contributed by atoms with van der Waals surface area (Å²) in [5.74, 6) is 0.707. The fourth-order valence-electron chi connectivity index (χ4n) is 5.29. The average Bonchev–Trinajstić information content (AvgIpc) is 3.23. The van der Waals surface area contributed by atoms with E-state index in [1.807, 2.05) is 79.1 Å². The lowest BCUT2D eigenvalue weighted by atomic mass is 10.0. The highest BCUT2D eigenvalue weighted by atomic mass is 16.5. The molecule has 0 radical (unpaired) electrons. The highest BCUT2D eigenvalue weighted by Gasteiger charge is 2.37. The van der Waals surface area contributed by atoms with Gasteiger partial charge in [-0.2, -0.15) is 0 Å². The third-order valence-corrected chi connectivity index (χ3v) is 7.08. The van der Waals surface area contributed by atoms with Crippen LogP contribution in [-0.4, -0.2) is 18.8 Å². The van der Waals surface area contributed by atoms with Crippen molar-refractivity contribution >= 4 is 10.9 Å². The van der Waals surface area contributed by atoms with Crippen molar-refractivity contribution in [3.63, 3.8) is 0 Å². The van der Waals surface area contributed by atoms with Crippen LogP contribution in [0.25, 0.3) is 27.8 Å². The zero-order valence-corrected chi connectivity index (χ0v) is 20.4. The van der Waals surface area contributed by atoms with Gasteiger partial charge >= 0.3 is 5.69 Å². The van der Waals surface area contributed by atoms with E-state index in [0.29, 0.717) is 33.6 Å². The summed E-state index contributed by atoms with van der Waals surface area (Å²) >= 11 is 0. The lowest BCUT2D eigenvalue weighted by molar-refractivity contribution is 0.224. The topological polar surface area (TPSA) is 78.4 Å². The summed E-state index contributed by atoms with van der Waals surface area (Å²) in [6.45, 7) is 3.91. The van der Waals surface area contributed by atoms with Crippen molar-refractivity contribution in [2.75, 3.05) is 0 Å². The van der Waals surface area contributed by atoms with E-state index in [1.54, 1.807) is 13.1 Å². The number of fused-ring (bicyclic) bond motifs is 5. The SMILES string of the molecule is Cc1ccc([C@H]2Oc3ccccc3-n3c(-c4ccccc4C)c4c(=O)n(C)c(=O)n(C)c4c32)c(O)c1. The number of benzene rings is 3. The van der Waals surface area contributed by atoms with Gasteiger partial charge in [0.15, 0.2) is 6.10 Å². The summed E-state index contributed by atoms with van der Waals surface area (Å²) in [6, 6.07) is 20.9. The molecule has 7 heteroatoms. The molecule has 2 aromatic heterocycles. The fraction of sp³-hybridized carbons (Fsp3) is 0.172. The van der Waals surface area contributed by atoms with Gasteiger partial charge in [-0.05, 0) is 43.2 Å². The maximum Gasteiger partial charge on any atom is 0.331 e. The van der Waals surface area contributed by atoms with E-state index in [0.717, 1.165) is 26.9 Å². The van der Waals surface area contributed by atoms with Crippen LogP contribution < -0.4 is 16.0 Å². The Hall–Kier alpha value is -4.52. The second kappa shape index (κ2) is 7.75. The van der Waals surface area contributed by atoms with Crippen LogP contribution in [0.2, 0.25) is 0 Å². The van der Waals surface area contributed by atoms with E-state index in [-0.39, 0.29) is 11.3 Å². The molecule has 0 amide bonds. The number of para-hydroxylation sites is 2. The number of aromatic hydroxyl groups is 1. The Morgan fingerprint density at radius 1 is 0.889 bits per heavy atom. The predicted octanol–water partition coefficient (Wildman–Crippen LogP) is 4.50. The molecule has 6 rings (SSSR count). The van der Waals surface area contributed by atoms with E-state index in [9.17, 15) is 14.7 Å². The van der Waals surface area contributed by atoms with E-state index < -0.39 is 11.8 Å². The van der Waals surface area contributed by atoms with E-state index >= 15 is 0 Å². The van der Waals surface area contributed by atoms with Crippen molar-refractivity contribution < 1.29 is 9.84 Å². The first kappa shape index (κ1) is 22.0. The molecule has 1 aliphatic heterocycles. The molecular formula is C29H25N3O4. The first-order chi connectivity index (χ1) is 17.3. The number of aromatic nitrogens is 3. The van der Waals surface area contributed by atoms with Gasteiger partial charge in [-0.1, -0.05) is 48.5 Å². The van der Waals surface area contributed by atoms with Gasteiger partial charge < -0.3 is 14.4 Å². The van der Waals surface area contributed by atoms with Crippen LogP contribution in [0.3, 0.4) is 0 Å². The van der Waals surface area contributed by atoms with Crippen LogP contribution in [0.5, 0.6) is 11.5 Å². The van der Waals surface area contributed by atoms with Gasteiger partial charge in [-0.15, -0.1) is 0 Å². The molecule has 1 atom stereocenters. The second-order valence-electron chi connectivity index (χ2n) is 9.34. The molecule has 1 N–H and O–H groups in total. The Labute approximate surface area is 207 Å². The monoisotopic (exact) mass is 479 g/mol. The lowest BCUT2D eigenvalue weighted by Gasteiger charge is -2.30. The molecule has 0 saturated carbocycles. The highest BCUT2D eigenvalue weighted by Crippen LogP contribution is 2.48. The van der Waals surface area contributed by atoms with Gasteiger partial charge in [-0.25, -0.2) is 4.79 Å². The molecule has 36 heavy (non-hydrogen) atoms. The van der Waals surface area contributed by atoms with Gasteiger partial charge in [0, 0.05) is 25.2 Å². The maximum absolute atomic E-state index is 13.7. The molecule has 180 valence electrons. The Morgan fingerprint density at radius 3 is 2.36 bits per heavy atom. The number of hydrogen-bond donors (Lipinski definition) is 1. The Morgan fingerprint density at radius 2 is 1.61 bits per heavy atom. The van der Waals surface area contributed by atoms with Crippen LogP contribution in [-0.2, 0) is 14.1 Å². The smallest absolute Gasteiger partial charge is 0.331 e. The summed E-state index contributed by atoms with van der Waals surface area (Å²) in [5, 5.41) is 11.4. The van der Waals surface area contributed by atoms with Gasteiger partial charge in [0.25, 0.3) is 5.56 Å². The molecule has 3 aromatic carbocycles. The standard InChI is InChI=1S/C29H25N3O4/c1-16-13-14-19(21(33)15-16)27-26-25-23(28(34)31(4)29(35)30(25)3)24(18-10-6-5-9-17(18)2)32(26)20-11-7-8-12-22(20)36-27/h5-15,27,33H,1-4H3/t27-/m1/s1. The Balaban J connectivity index is 1.89. The third kappa shape index (κ3) is 2.92. The van der Waals surface area contributed by atoms with Gasteiger partial charge in [0.1, 0.15) is 11.5 Å². The third-order valence-electron chi connectivity index (χ3n) is 7.08. The number of phenols is 1. The number of ether oxygens (including phenoxy) is 1. The van der Waals surface area contributed by atoms with Crippen molar-refractivity contribution in [3.8, 4) is 28.4 Å². The number of aryl methyl sites for hydroxylation is 3. The molecule has 0 spiro atoms. The fourth-order valence-corrected chi connectivity index (χ4v) is 5.29. The zero-order chi connectivity index (χ0) is 25.3. The van der Waals surface area contributed by atoms with Gasteiger partial charge in [0.2, 0.25) is 0 Å². The molecular weight excluding hydrogens is 454 g/mol. The van der Waals surface area contributed by atoms with Crippen LogP contribution in [0.15, 0.2) is 76.3 Å². The number of rotatable bonds is 2. The molecule has 0 aliphatic carbocycles. The van der Waals surface area contributed by atoms with E-state index in [2.05, 4.69) is 0 Å². The molecule has 0 unspecified atom stereocenters. The molecule has 5 aromatic rings. The predicted molar refractivity (Wildman–Crippen MR) is 139 cm³/mol. The summed E-state index contributed by atoms with van der Waals surface area (Å²) < 4.78 is 11.2. The minimum absolute atomic E-state index is 0.0894. The molecule has 3 heterocycles. The number of nitrogens with zero attached hydrogens (tertiary/aromatic N) is 3. The van der Waals surface area contributed by atoms with Crippen LogP contribution >= 0.6 is 0 Å². The number of hydrogen-bond acceptors (Lipinski definition) is 4. The van der Waals surface area contributed by atoms with Crippen LogP contribution in [0.1, 0.15) is 28.5 Å². The van der Waals surface area contributed by atoms with Crippen molar-refractivity contribution in [1.29, 1.82) is 0 Å². The molecule has 0 saturated heterocycles. The molecule has 1 aliphatic rings. The molecule has 0 fully saturated rings. The van der Waals surface area contributed by atoms with Crippen LogP contribution in [0, 0.1) is 13.8 Å². The largest absolute Gasteiger partial charge is 0.508 e. The summed E-state index contributed by atoms with van der Waals surface area (Å²) in [4.78, 5) is 26.9. The number of phenolic OH excluding ortho intramolecular Hbond substituents is 1. The summed E-state index contributed by atoms with van der Waals surface area (Å²) in [5.41, 5.74) is 5.11. The van der Waals surface area contributed by atoms with Crippen molar-refractivity contribution in [1.82, 2.24) is 13.7 Å². The first-order valence-electron chi connectivity index (χ1n) is 11.8. The summed E-state index contributed by atoms with van der Waals surface area (Å²) in [7, 11) is 3.16. The normalized spacial score (nSPS) is 14.4. The average molecular weight is 480 g/mol. The van der Waals surface area contributed by atoms with Gasteiger partial charge in [0.05, 0.1) is 28.0 Å². The second-order valence-corrected chi connectivity index (χ2v) is 9.34. The Bertz CT molecular complexity index is 1820. The van der Waals surface area contributed by atoms with Crippen molar-refractivity contribution in [2.24, 2.45) is 14.1 Å². The van der Waals surface area contributed by atoms with E-state index in [4.69, 9.17) is 4.74 Å². The minimum atomic E-state index is -0.751. The van der Waals surface area contributed by atoms with E-state index in [1.165, 1.54) is 11.6 Å². The van der Waals surface area contributed by atoms with Crippen molar-refractivity contribution in [3.05, 3.63) is 110 Å². The van der Waals surface area contributed by atoms with Gasteiger partial charge in [-0.3, -0.25) is 13.9 Å². The minimum Gasteiger partial charge on any atom is -0.508 e.